The number of carbonyl (C=O) groups excluding carboxylic acids is 3. The molecule has 0 fully saturated rings. The van der Waals surface area contributed by atoms with E-state index in [4.69, 9.17) is 9.47 Å². The van der Waals surface area contributed by atoms with E-state index >= 15 is 0 Å². The lowest BCUT2D eigenvalue weighted by atomic mass is 10.2. The van der Waals surface area contributed by atoms with Crippen LogP contribution in [-0.4, -0.2) is 68.9 Å². The lowest BCUT2D eigenvalue weighted by molar-refractivity contribution is -0.156. The van der Waals surface area contributed by atoms with Gasteiger partial charge in [0.2, 0.25) is 0 Å². The van der Waals surface area contributed by atoms with Gasteiger partial charge in [-0.3, -0.25) is 0 Å². The number of ether oxygens (including phenoxy) is 4. The molecule has 0 aromatic carbocycles. The highest BCUT2D eigenvalue weighted by Gasteiger charge is 2.22. The summed E-state index contributed by atoms with van der Waals surface area (Å²) in [4.78, 5) is 36.6. The van der Waals surface area contributed by atoms with E-state index in [2.05, 4.69) is 9.47 Å². The third-order valence-electron chi connectivity index (χ3n) is 3.83. The van der Waals surface area contributed by atoms with Crippen LogP contribution in [0.5, 0.6) is 0 Å². The van der Waals surface area contributed by atoms with Crippen molar-refractivity contribution in [3.05, 3.63) is 35.8 Å². The Bertz CT molecular complexity index is 681. The largest absolute Gasteiger partial charge is 0.466 e. The van der Waals surface area contributed by atoms with Gasteiger partial charge in [0, 0.05) is 45.8 Å². The highest BCUT2D eigenvalue weighted by Crippen LogP contribution is 2.15. The Morgan fingerprint density at radius 1 is 1.19 bits per heavy atom. The van der Waals surface area contributed by atoms with E-state index < -0.39 is 24.5 Å². The van der Waals surface area contributed by atoms with Crippen molar-refractivity contribution in [3.63, 3.8) is 0 Å². The highest BCUT2D eigenvalue weighted by molar-refractivity contribution is 6.14. The number of carbonyl (C=O) groups is 3. The smallest absolute Gasteiger partial charge is 0.347 e. The van der Waals surface area contributed by atoms with E-state index in [1.54, 1.807) is 19.1 Å². The van der Waals surface area contributed by atoms with E-state index in [1.807, 2.05) is 30.0 Å². The van der Waals surface area contributed by atoms with Crippen LogP contribution in [0.2, 0.25) is 0 Å². The molecule has 9 nitrogen and oxygen atoms in total. The lowest BCUT2D eigenvalue weighted by Crippen LogP contribution is -2.25. The fraction of sp³-hybridized carbons (Fsp3) is 0.500. The first-order valence-electron chi connectivity index (χ1n) is 8.25. The first-order valence-corrected chi connectivity index (χ1v) is 8.25. The Kier molecular flexibility index (Phi) is 9.07. The maximum absolute atomic E-state index is 12.0. The van der Waals surface area contributed by atoms with Crippen molar-refractivity contribution < 1.29 is 33.3 Å². The van der Waals surface area contributed by atoms with Gasteiger partial charge in [-0.15, -0.1) is 0 Å². The molecular weight excluding hydrogens is 356 g/mol. The van der Waals surface area contributed by atoms with Gasteiger partial charge in [-0.25, -0.2) is 14.4 Å². The van der Waals surface area contributed by atoms with Crippen LogP contribution in [0.15, 0.2) is 30.2 Å². The summed E-state index contributed by atoms with van der Waals surface area (Å²) < 4.78 is 21.0. The van der Waals surface area contributed by atoms with E-state index in [0.717, 1.165) is 12.7 Å². The van der Waals surface area contributed by atoms with Gasteiger partial charge in [0.15, 0.2) is 12.2 Å². The minimum atomic E-state index is -0.962. The molecule has 0 N–H and O–H groups in total. The predicted octanol–water partition coefficient (Wildman–Crippen LogP) is 0.900. The number of likely N-dealkylation sites (N-methyl/N-ethyl adjacent to an activating group) is 1. The normalized spacial score (nSPS) is 12.3. The van der Waals surface area contributed by atoms with E-state index in [0.29, 0.717) is 13.1 Å². The van der Waals surface area contributed by atoms with Gasteiger partial charge in [-0.05, 0) is 18.6 Å². The van der Waals surface area contributed by atoms with Crippen LogP contribution in [0, 0.1) is 0 Å². The summed E-state index contributed by atoms with van der Waals surface area (Å²) in [6, 6.07) is 1.97. The second-order valence-electron chi connectivity index (χ2n) is 5.73. The molecular formula is C18H26N2O7. The Balaban J connectivity index is 2.72. The number of esters is 3. The Morgan fingerprint density at radius 3 is 2.48 bits per heavy atom. The van der Waals surface area contributed by atoms with Gasteiger partial charge in [-0.2, -0.15) is 0 Å². The van der Waals surface area contributed by atoms with Crippen LogP contribution in [0.4, 0.5) is 0 Å². The summed E-state index contributed by atoms with van der Waals surface area (Å²) in [6.07, 6.45) is 5.22. The average molecular weight is 382 g/mol. The number of nitrogens with zero attached hydrogens (tertiary/aromatic N) is 2. The minimum Gasteiger partial charge on any atom is -0.466 e. The zero-order valence-corrected chi connectivity index (χ0v) is 16.3. The molecule has 1 aromatic heterocycles. The van der Waals surface area contributed by atoms with Crippen LogP contribution in [0.1, 0.15) is 18.6 Å². The SMILES string of the molecule is COC(=O)COC(=O)/C(=C/N(C)CCn1ccc(C(C)OC)c1)C(=O)OC. The van der Waals surface area contributed by atoms with Crippen molar-refractivity contribution in [1.29, 1.82) is 0 Å². The Morgan fingerprint density at radius 2 is 1.89 bits per heavy atom. The average Bonchev–Trinajstić information content (AvgIpc) is 3.16. The van der Waals surface area contributed by atoms with Crippen molar-refractivity contribution in [3.8, 4) is 0 Å². The van der Waals surface area contributed by atoms with Crippen molar-refractivity contribution in [2.45, 2.75) is 19.6 Å². The predicted molar refractivity (Wildman–Crippen MR) is 95.6 cm³/mol. The number of rotatable bonds is 10. The molecule has 1 unspecified atom stereocenters. The van der Waals surface area contributed by atoms with Gasteiger partial charge in [0.05, 0.1) is 20.3 Å². The second-order valence-corrected chi connectivity index (χ2v) is 5.73. The molecule has 0 spiro atoms. The molecule has 0 amide bonds. The maximum atomic E-state index is 12.0. The molecule has 0 aliphatic carbocycles. The first-order chi connectivity index (χ1) is 12.8. The third kappa shape index (κ3) is 7.14. The summed E-state index contributed by atoms with van der Waals surface area (Å²) in [5, 5.41) is 0. The molecule has 27 heavy (non-hydrogen) atoms. The molecule has 0 aliphatic rings. The fourth-order valence-corrected chi connectivity index (χ4v) is 2.09. The summed E-state index contributed by atoms with van der Waals surface area (Å²) in [5.41, 5.74) is 0.738. The lowest BCUT2D eigenvalue weighted by Gasteiger charge is -2.16. The van der Waals surface area contributed by atoms with Gasteiger partial charge < -0.3 is 28.4 Å². The summed E-state index contributed by atoms with van der Waals surface area (Å²) in [7, 11) is 5.68. The van der Waals surface area contributed by atoms with Gasteiger partial charge in [-0.1, -0.05) is 0 Å². The number of methoxy groups -OCH3 is 3. The van der Waals surface area contributed by atoms with Crippen LogP contribution >= 0.6 is 0 Å². The van der Waals surface area contributed by atoms with E-state index in [-0.39, 0.29) is 11.7 Å². The molecule has 0 saturated heterocycles. The maximum Gasteiger partial charge on any atom is 0.347 e. The summed E-state index contributed by atoms with van der Waals surface area (Å²) >= 11 is 0. The molecule has 1 atom stereocenters. The van der Waals surface area contributed by atoms with Crippen molar-refractivity contribution in [2.75, 3.05) is 41.5 Å². The van der Waals surface area contributed by atoms with Crippen LogP contribution in [-0.2, 0) is 39.9 Å². The zero-order valence-electron chi connectivity index (χ0n) is 16.3. The van der Waals surface area contributed by atoms with Gasteiger partial charge >= 0.3 is 17.9 Å². The Labute approximate surface area is 158 Å². The molecule has 150 valence electrons. The van der Waals surface area contributed by atoms with Crippen LogP contribution in [0.25, 0.3) is 0 Å². The van der Waals surface area contributed by atoms with E-state index in [1.165, 1.54) is 13.3 Å². The Hall–Kier alpha value is -2.81. The molecule has 0 radical (unpaired) electrons. The molecule has 9 heteroatoms. The zero-order chi connectivity index (χ0) is 20.4. The fourth-order valence-electron chi connectivity index (χ4n) is 2.09. The van der Waals surface area contributed by atoms with Gasteiger partial charge in [0.1, 0.15) is 0 Å². The monoisotopic (exact) mass is 382 g/mol. The number of hydrogen-bond acceptors (Lipinski definition) is 8. The molecule has 0 bridgehead atoms. The van der Waals surface area contributed by atoms with Gasteiger partial charge in [0.25, 0.3) is 0 Å². The topological polar surface area (TPSA) is 96.3 Å². The molecule has 1 rings (SSSR count). The highest BCUT2D eigenvalue weighted by atomic mass is 16.6. The first kappa shape index (κ1) is 22.2. The summed E-state index contributed by atoms with van der Waals surface area (Å²) in [6.45, 7) is 2.50. The van der Waals surface area contributed by atoms with Crippen LogP contribution in [0.3, 0.4) is 0 Å². The molecule has 1 heterocycles. The number of aromatic nitrogens is 1. The second kappa shape index (κ2) is 11.0. The van der Waals surface area contributed by atoms with Crippen molar-refractivity contribution >= 4 is 17.9 Å². The van der Waals surface area contributed by atoms with Crippen molar-refractivity contribution in [1.82, 2.24) is 9.47 Å². The molecule has 0 aliphatic heterocycles. The third-order valence-corrected chi connectivity index (χ3v) is 3.83. The quantitative estimate of drug-likeness (QED) is 0.194. The van der Waals surface area contributed by atoms with Crippen LogP contribution < -0.4 is 0 Å². The standard InChI is InChI=1S/C18H26N2O7/c1-13(24-3)14-6-7-20(10-14)9-8-19(2)11-15(17(22)26-5)18(23)27-12-16(21)25-4/h6-7,10-11,13H,8-9,12H2,1-5H3/b15-11+. The molecule has 0 saturated carbocycles. The number of hydrogen-bond donors (Lipinski definition) is 0. The summed E-state index contributed by atoms with van der Waals surface area (Å²) in [5.74, 6) is -2.54. The van der Waals surface area contributed by atoms with Crippen molar-refractivity contribution in [2.24, 2.45) is 0 Å². The van der Waals surface area contributed by atoms with E-state index in [9.17, 15) is 14.4 Å². The molecule has 1 aromatic rings. The minimum absolute atomic E-state index is 0.000571.